The van der Waals surface area contributed by atoms with Crippen molar-refractivity contribution in [2.24, 2.45) is 0 Å². The number of nitrogens with one attached hydrogen (secondary N) is 1. The number of nitrogens with zero attached hydrogens (tertiary/aromatic N) is 3. The van der Waals surface area contributed by atoms with E-state index in [9.17, 15) is 18.0 Å². The lowest BCUT2D eigenvalue weighted by atomic mass is 10.1. The Morgan fingerprint density at radius 2 is 1.94 bits per heavy atom. The van der Waals surface area contributed by atoms with Crippen LogP contribution in [0.5, 0.6) is 0 Å². The average Bonchev–Trinajstić information content (AvgIpc) is 2.79. The SMILES string of the molecule is O=c1cc(-c2ccnc(NC3CCOCC3)n2)ccn1CCc1cccc(C(F)(F)F)c1. The van der Waals surface area contributed by atoms with Crippen LogP contribution in [0.15, 0.2) is 59.7 Å². The minimum absolute atomic E-state index is 0.243. The molecule has 168 valence electrons. The Bertz CT molecular complexity index is 1120. The van der Waals surface area contributed by atoms with Crippen molar-refractivity contribution in [3.8, 4) is 11.3 Å². The molecule has 1 aromatic carbocycles. The highest BCUT2D eigenvalue weighted by atomic mass is 19.4. The van der Waals surface area contributed by atoms with Gasteiger partial charge in [0, 0.05) is 49.8 Å². The molecule has 3 heterocycles. The summed E-state index contributed by atoms with van der Waals surface area (Å²) in [6.45, 7) is 1.69. The molecule has 3 aromatic rings. The van der Waals surface area contributed by atoms with Gasteiger partial charge in [0.15, 0.2) is 0 Å². The van der Waals surface area contributed by atoms with Gasteiger partial charge in [0.05, 0.1) is 11.3 Å². The molecule has 9 heteroatoms. The lowest BCUT2D eigenvalue weighted by Gasteiger charge is -2.23. The first-order chi connectivity index (χ1) is 15.4. The van der Waals surface area contributed by atoms with Crippen molar-refractivity contribution in [3.05, 3.63) is 76.3 Å². The third-order valence-corrected chi connectivity index (χ3v) is 5.40. The highest BCUT2D eigenvalue weighted by molar-refractivity contribution is 5.59. The van der Waals surface area contributed by atoms with Gasteiger partial charge in [-0.1, -0.05) is 18.2 Å². The Hall–Kier alpha value is -3.20. The van der Waals surface area contributed by atoms with E-state index in [0.29, 0.717) is 42.4 Å². The molecule has 0 bridgehead atoms. The van der Waals surface area contributed by atoms with Gasteiger partial charge in [0.25, 0.3) is 5.56 Å². The molecule has 1 aliphatic rings. The summed E-state index contributed by atoms with van der Waals surface area (Å²) in [6, 6.07) is 10.4. The molecule has 1 N–H and O–H groups in total. The van der Waals surface area contributed by atoms with Gasteiger partial charge in [-0.25, -0.2) is 9.97 Å². The monoisotopic (exact) mass is 444 g/mol. The Morgan fingerprint density at radius 1 is 1.12 bits per heavy atom. The number of aryl methyl sites for hydroxylation is 2. The fourth-order valence-corrected chi connectivity index (χ4v) is 3.62. The molecule has 0 aliphatic carbocycles. The summed E-state index contributed by atoms with van der Waals surface area (Å²) >= 11 is 0. The number of ether oxygens (including phenoxy) is 1. The molecule has 0 atom stereocenters. The molecule has 0 unspecified atom stereocenters. The maximum absolute atomic E-state index is 12.9. The minimum Gasteiger partial charge on any atom is -0.381 e. The molecule has 0 amide bonds. The number of aromatic nitrogens is 3. The fraction of sp³-hybridized carbons (Fsp3) is 0.348. The molecule has 0 saturated carbocycles. The third kappa shape index (κ3) is 5.53. The van der Waals surface area contributed by atoms with Crippen LogP contribution in [0, 0.1) is 0 Å². The van der Waals surface area contributed by atoms with Gasteiger partial charge in [-0.2, -0.15) is 13.2 Å². The second-order valence-corrected chi connectivity index (χ2v) is 7.69. The maximum Gasteiger partial charge on any atom is 0.416 e. The summed E-state index contributed by atoms with van der Waals surface area (Å²) in [5, 5.41) is 3.30. The van der Waals surface area contributed by atoms with Crippen LogP contribution >= 0.6 is 0 Å². The number of anilines is 1. The smallest absolute Gasteiger partial charge is 0.381 e. The van der Waals surface area contributed by atoms with Gasteiger partial charge in [0.1, 0.15) is 0 Å². The van der Waals surface area contributed by atoms with E-state index in [-0.39, 0.29) is 18.1 Å². The minimum atomic E-state index is -4.38. The first kappa shape index (κ1) is 22.0. The van der Waals surface area contributed by atoms with E-state index in [0.717, 1.165) is 25.0 Å². The van der Waals surface area contributed by atoms with Crippen molar-refractivity contribution in [2.45, 2.75) is 38.0 Å². The number of halogens is 3. The average molecular weight is 444 g/mol. The number of pyridine rings is 1. The summed E-state index contributed by atoms with van der Waals surface area (Å²) in [5.74, 6) is 0.503. The Labute approximate surface area is 183 Å². The van der Waals surface area contributed by atoms with Crippen molar-refractivity contribution in [1.29, 1.82) is 0 Å². The second kappa shape index (κ2) is 9.52. The molecule has 4 rings (SSSR count). The van der Waals surface area contributed by atoms with Crippen LogP contribution in [-0.2, 0) is 23.9 Å². The zero-order valence-electron chi connectivity index (χ0n) is 17.3. The quantitative estimate of drug-likeness (QED) is 0.619. The Balaban J connectivity index is 1.44. The van der Waals surface area contributed by atoms with E-state index in [1.54, 1.807) is 30.6 Å². The first-order valence-electron chi connectivity index (χ1n) is 10.4. The summed E-state index contributed by atoms with van der Waals surface area (Å²) in [6.07, 6.45) is 0.980. The van der Waals surface area contributed by atoms with E-state index >= 15 is 0 Å². The van der Waals surface area contributed by atoms with Gasteiger partial charge in [0.2, 0.25) is 5.95 Å². The topological polar surface area (TPSA) is 69.0 Å². The summed E-state index contributed by atoms with van der Waals surface area (Å²) in [7, 11) is 0. The number of hydrogen-bond donors (Lipinski definition) is 1. The molecular weight excluding hydrogens is 421 g/mol. The van der Waals surface area contributed by atoms with Crippen LogP contribution in [0.4, 0.5) is 19.1 Å². The van der Waals surface area contributed by atoms with Crippen LogP contribution in [0.25, 0.3) is 11.3 Å². The zero-order chi connectivity index (χ0) is 22.6. The van der Waals surface area contributed by atoms with Gasteiger partial charge in [-0.15, -0.1) is 0 Å². The molecule has 0 spiro atoms. The Morgan fingerprint density at radius 3 is 2.69 bits per heavy atom. The van der Waals surface area contributed by atoms with Crippen LogP contribution < -0.4 is 10.9 Å². The van der Waals surface area contributed by atoms with Crippen molar-refractivity contribution in [2.75, 3.05) is 18.5 Å². The van der Waals surface area contributed by atoms with E-state index in [2.05, 4.69) is 15.3 Å². The van der Waals surface area contributed by atoms with Crippen LogP contribution in [-0.4, -0.2) is 33.8 Å². The van der Waals surface area contributed by atoms with Crippen LogP contribution in [0.1, 0.15) is 24.0 Å². The highest BCUT2D eigenvalue weighted by Crippen LogP contribution is 2.29. The van der Waals surface area contributed by atoms with E-state index < -0.39 is 11.7 Å². The molecule has 1 aliphatic heterocycles. The largest absolute Gasteiger partial charge is 0.416 e. The highest BCUT2D eigenvalue weighted by Gasteiger charge is 2.30. The van der Waals surface area contributed by atoms with E-state index in [1.807, 2.05) is 0 Å². The van der Waals surface area contributed by atoms with Crippen molar-refractivity contribution < 1.29 is 17.9 Å². The maximum atomic E-state index is 12.9. The lowest BCUT2D eigenvalue weighted by Crippen LogP contribution is -2.28. The number of benzene rings is 1. The Kier molecular flexibility index (Phi) is 6.55. The number of alkyl halides is 3. The normalized spacial score (nSPS) is 15.0. The molecular formula is C23H23F3N4O2. The van der Waals surface area contributed by atoms with Gasteiger partial charge in [-0.3, -0.25) is 4.79 Å². The number of rotatable bonds is 6. The van der Waals surface area contributed by atoms with Gasteiger partial charge < -0.3 is 14.6 Å². The second-order valence-electron chi connectivity index (χ2n) is 7.69. The summed E-state index contributed by atoms with van der Waals surface area (Å²) in [4.78, 5) is 21.3. The number of hydrogen-bond acceptors (Lipinski definition) is 5. The predicted octanol–water partition coefficient (Wildman–Crippen LogP) is 4.16. The van der Waals surface area contributed by atoms with Crippen LogP contribution in [0.2, 0.25) is 0 Å². The van der Waals surface area contributed by atoms with E-state index in [4.69, 9.17) is 4.74 Å². The standard InChI is InChI=1S/C23H23F3N4O2/c24-23(25,26)18-3-1-2-16(14-18)5-10-30-11-6-17(15-21(30)31)20-4-9-27-22(29-20)28-19-7-12-32-13-8-19/h1-4,6,9,11,14-15,19H,5,7-8,10,12-13H2,(H,27,28,29). The molecule has 0 radical (unpaired) electrons. The lowest BCUT2D eigenvalue weighted by molar-refractivity contribution is -0.137. The first-order valence-corrected chi connectivity index (χ1v) is 10.4. The predicted molar refractivity (Wildman–Crippen MR) is 114 cm³/mol. The summed E-state index contributed by atoms with van der Waals surface area (Å²) < 4.78 is 45.5. The molecule has 1 fully saturated rings. The fourth-order valence-electron chi connectivity index (χ4n) is 3.62. The van der Waals surface area contributed by atoms with Gasteiger partial charge >= 0.3 is 6.18 Å². The molecule has 2 aromatic heterocycles. The zero-order valence-corrected chi connectivity index (χ0v) is 17.3. The van der Waals surface area contributed by atoms with E-state index in [1.165, 1.54) is 16.7 Å². The van der Waals surface area contributed by atoms with Crippen molar-refractivity contribution in [1.82, 2.24) is 14.5 Å². The van der Waals surface area contributed by atoms with Crippen molar-refractivity contribution in [3.63, 3.8) is 0 Å². The summed E-state index contributed by atoms with van der Waals surface area (Å²) in [5.41, 5.74) is 0.869. The molecule has 1 saturated heterocycles. The molecule has 6 nitrogen and oxygen atoms in total. The van der Waals surface area contributed by atoms with Crippen molar-refractivity contribution >= 4 is 5.95 Å². The third-order valence-electron chi connectivity index (χ3n) is 5.40. The van der Waals surface area contributed by atoms with Crippen LogP contribution in [0.3, 0.4) is 0 Å². The molecule has 32 heavy (non-hydrogen) atoms. The van der Waals surface area contributed by atoms with Gasteiger partial charge in [-0.05, 0) is 43.0 Å².